The van der Waals surface area contributed by atoms with Gasteiger partial charge in [0.05, 0.1) is 0 Å². The molecule has 0 aromatic rings. The van der Waals surface area contributed by atoms with Crippen molar-refractivity contribution in [1.82, 2.24) is 0 Å². The molecule has 0 fully saturated rings. The molecule has 0 atom stereocenters. The molecule has 0 radical (unpaired) electrons. The van der Waals surface area contributed by atoms with Crippen molar-refractivity contribution in [3.05, 3.63) is 48.6 Å². The van der Waals surface area contributed by atoms with Crippen LogP contribution in [0, 0.1) is 0 Å². The van der Waals surface area contributed by atoms with Crippen LogP contribution in [0.15, 0.2) is 48.6 Å². The van der Waals surface area contributed by atoms with E-state index in [9.17, 15) is 0 Å². The molecule has 0 amide bonds. The van der Waals surface area contributed by atoms with Crippen LogP contribution in [0.5, 0.6) is 0 Å². The molecule has 0 heterocycles. The number of allylic oxidation sites excluding steroid dienone is 8. The summed E-state index contributed by atoms with van der Waals surface area (Å²) in [7, 11) is 0. The molecule has 0 unspecified atom stereocenters. The van der Waals surface area contributed by atoms with Crippen molar-refractivity contribution in [3.8, 4) is 0 Å². The summed E-state index contributed by atoms with van der Waals surface area (Å²) in [6.45, 7) is 4.62. The molecule has 2 rings (SSSR count). The molecule has 2 aliphatic carbocycles. The summed E-state index contributed by atoms with van der Waals surface area (Å²) in [5, 5.41) is 0. The van der Waals surface area contributed by atoms with Crippen molar-refractivity contribution in [2.24, 2.45) is 0 Å². The molecular formula is C18H26Cl2Hf. The maximum atomic E-state index is 2.53. The van der Waals surface area contributed by atoms with Crippen molar-refractivity contribution >= 4 is 0 Å². The SMILES string of the molecule is CCCC[C]1([Hf+2][C]2(CCCC)C=CC=C2)C=CC=C1.[Cl-].[Cl-]. The maximum Gasteiger partial charge on any atom is -1.00 e. The first-order valence-corrected chi connectivity index (χ1v) is 11.4. The van der Waals surface area contributed by atoms with E-state index in [1.165, 1.54) is 38.5 Å². The van der Waals surface area contributed by atoms with Crippen LogP contribution in [0.3, 0.4) is 0 Å². The van der Waals surface area contributed by atoms with E-state index < -0.39 is 22.9 Å². The third-order valence-electron chi connectivity index (χ3n) is 4.15. The molecule has 0 nitrogen and oxygen atoms in total. The van der Waals surface area contributed by atoms with Crippen molar-refractivity contribution < 1.29 is 47.7 Å². The quantitative estimate of drug-likeness (QED) is 0.420. The van der Waals surface area contributed by atoms with E-state index in [2.05, 4.69) is 62.5 Å². The fourth-order valence-corrected chi connectivity index (χ4v) is 10.9. The number of hydrogen-bond acceptors (Lipinski definition) is 0. The van der Waals surface area contributed by atoms with Gasteiger partial charge in [-0.2, -0.15) is 0 Å². The van der Waals surface area contributed by atoms with Crippen LogP contribution in [0.1, 0.15) is 52.4 Å². The van der Waals surface area contributed by atoms with Crippen LogP contribution in [0.2, 0.25) is 6.34 Å². The Labute approximate surface area is 154 Å². The third-order valence-corrected chi connectivity index (χ3v) is 11.7. The van der Waals surface area contributed by atoms with Gasteiger partial charge in [-0.25, -0.2) is 0 Å². The van der Waals surface area contributed by atoms with Crippen molar-refractivity contribution in [1.29, 1.82) is 0 Å². The van der Waals surface area contributed by atoms with Gasteiger partial charge >= 0.3 is 130 Å². The zero-order chi connectivity index (χ0) is 13.6. The fourth-order valence-electron chi connectivity index (χ4n) is 3.02. The predicted molar refractivity (Wildman–Crippen MR) is 81.0 cm³/mol. The average molecular weight is 492 g/mol. The summed E-state index contributed by atoms with van der Waals surface area (Å²) in [5.74, 6) is 0. The Kier molecular flexibility index (Phi) is 10.4. The van der Waals surface area contributed by atoms with Crippen molar-refractivity contribution in [2.75, 3.05) is 0 Å². The third kappa shape index (κ3) is 5.84. The van der Waals surface area contributed by atoms with E-state index in [-0.39, 0.29) is 24.8 Å². The first-order chi connectivity index (χ1) is 9.24. The summed E-state index contributed by atoms with van der Waals surface area (Å²) < 4.78 is 1.01. The fraction of sp³-hybridized carbons (Fsp3) is 0.556. The Morgan fingerprint density at radius 3 is 1.29 bits per heavy atom. The van der Waals surface area contributed by atoms with Crippen LogP contribution in [0.4, 0.5) is 0 Å². The summed E-state index contributed by atoms with van der Waals surface area (Å²) in [5.41, 5.74) is 0. The Balaban J connectivity index is 0.00000200. The molecule has 0 saturated carbocycles. The molecule has 0 N–H and O–H groups in total. The predicted octanol–water partition coefficient (Wildman–Crippen LogP) is 0.0267. The van der Waals surface area contributed by atoms with Crippen molar-refractivity contribution in [2.45, 2.75) is 58.7 Å². The van der Waals surface area contributed by atoms with Gasteiger partial charge in [-0.15, -0.1) is 0 Å². The maximum absolute atomic E-state index is 2.53. The summed E-state index contributed by atoms with van der Waals surface area (Å²) in [6.07, 6.45) is 27.4. The van der Waals surface area contributed by atoms with Crippen LogP contribution in [-0.2, 0) is 22.9 Å². The van der Waals surface area contributed by atoms with Crippen LogP contribution in [0.25, 0.3) is 0 Å². The Morgan fingerprint density at radius 1 is 0.667 bits per heavy atom. The Bertz CT molecular complexity index is 345. The molecule has 116 valence electrons. The van der Waals surface area contributed by atoms with E-state index >= 15 is 0 Å². The van der Waals surface area contributed by atoms with Gasteiger partial charge in [-0.05, 0) is 0 Å². The van der Waals surface area contributed by atoms with E-state index in [0.29, 0.717) is 6.34 Å². The second-order valence-electron chi connectivity index (χ2n) is 5.85. The molecule has 0 aliphatic heterocycles. The summed E-state index contributed by atoms with van der Waals surface area (Å²) in [6, 6.07) is 0. The van der Waals surface area contributed by atoms with Gasteiger partial charge in [0.2, 0.25) is 0 Å². The van der Waals surface area contributed by atoms with Gasteiger partial charge in [0.15, 0.2) is 0 Å². The Morgan fingerprint density at radius 2 is 1.00 bits per heavy atom. The second-order valence-corrected chi connectivity index (χ2v) is 13.4. The van der Waals surface area contributed by atoms with Gasteiger partial charge in [-0.1, -0.05) is 0 Å². The van der Waals surface area contributed by atoms with Gasteiger partial charge in [0, 0.05) is 0 Å². The average Bonchev–Trinajstić information content (AvgIpc) is 3.05. The summed E-state index contributed by atoms with van der Waals surface area (Å²) in [4.78, 5) is 0. The number of halogens is 2. The van der Waals surface area contributed by atoms with Gasteiger partial charge in [0.1, 0.15) is 0 Å². The molecule has 0 spiro atoms. The van der Waals surface area contributed by atoms with Gasteiger partial charge < -0.3 is 24.8 Å². The second kappa shape index (κ2) is 10.2. The number of hydrogen-bond donors (Lipinski definition) is 0. The molecule has 0 bridgehead atoms. The van der Waals surface area contributed by atoms with E-state index in [1.807, 2.05) is 0 Å². The number of unbranched alkanes of at least 4 members (excludes halogenated alkanes) is 2. The van der Waals surface area contributed by atoms with Crippen LogP contribution >= 0.6 is 0 Å². The molecule has 3 heteroatoms. The first-order valence-electron chi connectivity index (χ1n) is 7.78. The first kappa shape index (κ1) is 21.4. The minimum Gasteiger partial charge on any atom is -1.00 e. The summed E-state index contributed by atoms with van der Waals surface area (Å²) >= 11 is -0.832. The normalized spacial score (nSPS) is 19.1. The molecule has 21 heavy (non-hydrogen) atoms. The van der Waals surface area contributed by atoms with Crippen LogP contribution < -0.4 is 24.8 Å². The van der Waals surface area contributed by atoms with E-state index in [4.69, 9.17) is 0 Å². The minimum absolute atomic E-state index is 0. The number of rotatable bonds is 8. The standard InChI is InChI=1S/2C9H13.2ClH.Hf/c2*1-2-3-6-9-7-4-5-8-9;;;/h2*4-5,7-8H,2-3,6H2,1H3;2*1H;/q;;;;+2/p-2. The molecule has 0 aromatic heterocycles. The topological polar surface area (TPSA) is 0 Å². The largest absolute Gasteiger partial charge is 1.00 e. The molecule has 0 saturated heterocycles. The molecule has 2 aliphatic rings. The van der Waals surface area contributed by atoms with Gasteiger partial charge in [-0.3, -0.25) is 0 Å². The van der Waals surface area contributed by atoms with Crippen molar-refractivity contribution in [3.63, 3.8) is 0 Å². The molecule has 0 aromatic carbocycles. The Hall–Kier alpha value is 0.410. The van der Waals surface area contributed by atoms with E-state index in [1.54, 1.807) is 0 Å². The monoisotopic (exact) mass is 492 g/mol. The minimum atomic E-state index is -0.832. The smallest absolute Gasteiger partial charge is 1.00 e. The van der Waals surface area contributed by atoms with E-state index in [0.717, 1.165) is 0 Å². The zero-order valence-corrected chi connectivity index (χ0v) is 18.2. The van der Waals surface area contributed by atoms with Crippen LogP contribution in [-0.4, -0.2) is 0 Å². The molecular weight excluding hydrogens is 466 g/mol. The zero-order valence-electron chi connectivity index (χ0n) is 13.1. The van der Waals surface area contributed by atoms with Gasteiger partial charge in [0.25, 0.3) is 0 Å².